The van der Waals surface area contributed by atoms with Crippen LogP contribution in [0, 0.1) is 0 Å². The van der Waals surface area contributed by atoms with Crippen LogP contribution < -0.4 is 5.32 Å². The van der Waals surface area contributed by atoms with Crippen LogP contribution in [0.1, 0.15) is 399 Å². The molecule has 462 valence electrons. The van der Waals surface area contributed by atoms with Crippen LogP contribution in [0.3, 0.4) is 0 Å². The van der Waals surface area contributed by atoms with Crippen molar-refractivity contribution in [1.82, 2.24) is 5.32 Å². The summed E-state index contributed by atoms with van der Waals surface area (Å²) in [5.74, 6) is -0.0502. The monoisotopic (exact) mass is 1100 g/mol. The second kappa shape index (κ2) is 67.8. The Morgan fingerprint density at radius 3 is 0.923 bits per heavy atom. The number of rotatable bonds is 67. The third kappa shape index (κ3) is 63.5. The van der Waals surface area contributed by atoms with E-state index in [4.69, 9.17) is 4.74 Å². The fraction of sp³-hybridized carbons (Fsp3) is 0.917. The van der Waals surface area contributed by atoms with E-state index >= 15 is 0 Å². The SMILES string of the molecule is CCCCCC/C=C\CCCCCCCC(=O)OCCCCCCCCCCCCCCCCCCCCCCCCCCCCCCCC(=O)NC(CO)C(O)/C=C/CCCCCCCCCCCCCCCCCCC. The van der Waals surface area contributed by atoms with Crippen molar-refractivity contribution in [1.29, 1.82) is 0 Å². The predicted octanol–water partition coefficient (Wildman–Crippen LogP) is 22.9. The Bertz CT molecular complexity index is 1220. The molecule has 6 nitrogen and oxygen atoms in total. The highest BCUT2D eigenvalue weighted by Gasteiger charge is 2.18. The van der Waals surface area contributed by atoms with Crippen molar-refractivity contribution in [3.05, 3.63) is 24.3 Å². The first-order chi connectivity index (χ1) is 38.5. The summed E-state index contributed by atoms with van der Waals surface area (Å²) in [5, 5.41) is 23.2. The molecule has 0 heterocycles. The molecule has 0 spiro atoms. The number of hydrogen-bond donors (Lipinski definition) is 3. The number of unbranched alkanes of at least 4 members (excludes halogenated alkanes) is 54. The Morgan fingerprint density at radius 2 is 0.603 bits per heavy atom. The molecule has 0 aliphatic heterocycles. The zero-order chi connectivity index (χ0) is 56.4. The van der Waals surface area contributed by atoms with Gasteiger partial charge in [0.05, 0.1) is 25.4 Å². The fourth-order valence-electron chi connectivity index (χ4n) is 11.3. The summed E-state index contributed by atoms with van der Waals surface area (Å²) >= 11 is 0. The zero-order valence-electron chi connectivity index (χ0n) is 52.9. The molecule has 6 heteroatoms. The van der Waals surface area contributed by atoms with Gasteiger partial charge in [0.15, 0.2) is 0 Å². The molecular formula is C72H139NO5. The van der Waals surface area contributed by atoms with E-state index in [9.17, 15) is 19.8 Å². The highest BCUT2D eigenvalue weighted by atomic mass is 16.5. The molecule has 0 rings (SSSR count). The first kappa shape index (κ1) is 76.3. The average molecular weight is 1100 g/mol. The van der Waals surface area contributed by atoms with E-state index in [1.54, 1.807) is 6.08 Å². The normalized spacial score (nSPS) is 12.6. The Kier molecular flexibility index (Phi) is 66.4. The molecule has 0 saturated heterocycles. The van der Waals surface area contributed by atoms with Crippen LogP contribution in [-0.4, -0.2) is 47.4 Å². The highest BCUT2D eigenvalue weighted by Crippen LogP contribution is 2.19. The molecule has 78 heavy (non-hydrogen) atoms. The van der Waals surface area contributed by atoms with E-state index in [0.29, 0.717) is 19.4 Å². The van der Waals surface area contributed by atoms with Crippen molar-refractivity contribution in [2.24, 2.45) is 0 Å². The van der Waals surface area contributed by atoms with Crippen molar-refractivity contribution in [2.75, 3.05) is 13.2 Å². The third-order valence-electron chi connectivity index (χ3n) is 16.7. The van der Waals surface area contributed by atoms with E-state index in [-0.39, 0.29) is 18.5 Å². The summed E-state index contributed by atoms with van der Waals surface area (Å²) in [5.41, 5.74) is 0. The summed E-state index contributed by atoms with van der Waals surface area (Å²) < 4.78 is 5.48. The number of amides is 1. The largest absolute Gasteiger partial charge is 0.466 e. The molecule has 1 amide bonds. The number of aliphatic hydroxyl groups is 2. The van der Waals surface area contributed by atoms with Gasteiger partial charge in [0.25, 0.3) is 0 Å². The predicted molar refractivity (Wildman–Crippen MR) is 343 cm³/mol. The number of carbonyl (C=O) groups excluding carboxylic acids is 2. The van der Waals surface area contributed by atoms with Crippen LogP contribution >= 0.6 is 0 Å². The number of aliphatic hydroxyl groups excluding tert-OH is 2. The second-order valence-electron chi connectivity index (χ2n) is 24.6. The van der Waals surface area contributed by atoms with Crippen LogP contribution in [-0.2, 0) is 14.3 Å². The Hall–Kier alpha value is -1.66. The summed E-state index contributed by atoms with van der Waals surface area (Å²) in [7, 11) is 0. The maximum absolute atomic E-state index is 12.5. The van der Waals surface area contributed by atoms with Crippen LogP contribution in [0.4, 0.5) is 0 Å². The van der Waals surface area contributed by atoms with E-state index in [2.05, 4.69) is 31.3 Å². The van der Waals surface area contributed by atoms with Gasteiger partial charge in [0.1, 0.15) is 0 Å². The van der Waals surface area contributed by atoms with Gasteiger partial charge in [-0.3, -0.25) is 9.59 Å². The van der Waals surface area contributed by atoms with Crippen molar-refractivity contribution in [3.63, 3.8) is 0 Å². The Morgan fingerprint density at radius 1 is 0.346 bits per heavy atom. The van der Waals surface area contributed by atoms with Gasteiger partial charge in [-0.15, -0.1) is 0 Å². The lowest BCUT2D eigenvalue weighted by atomic mass is 10.0. The molecule has 0 fully saturated rings. The number of carbonyl (C=O) groups is 2. The zero-order valence-corrected chi connectivity index (χ0v) is 52.9. The minimum atomic E-state index is -0.842. The molecule has 0 aromatic rings. The number of hydrogen-bond acceptors (Lipinski definition) is 5. The molecule has 0 aromatic heterocycles. The van der Waals surface area contributed by atoms with E-state index in [0.717, 1.165) is 44.9 Å². The fourth-order valence-corrected chi connectivity index (χ4v) is 11.3. The number of ether oxygens (including phenoxy) is 1. The number of esters is 1. The molecule has 0 radical (unpaired) electrons. The minimum absolute atomic E-state index is 0.0105. The van der Waals surface area contributed by atoms with Gasteiger partial charge in [0, 0.05) is 12.8 Å². The lowest BCUT2D eigenvalue weighted by Gasteiger charge is -2.20. The van der Waals surface area contributed by atoms with E-state index in [1.807, 2.05) is 6.08 Å². The molecule has 0 aliphatic carbocycles. The quantitative estimate of drug-likeness (QED) is 0.0320. The van der Waals surface area contributed by atoms with Crippen LogP contribution in [0.25, 0.3) is 0 Å². The van der Waals surface area contributed by atoms with Gasteiger partial charge in [-0.1, -0.05) is 353 Å². The number of nitrogens with one attached hydrogen (secondary N) is 1. The Labute approximate surface area is 488 Å². The summed E-state index contributed by atoms with van der Waals surface area (Å²) in [6.07, 6.45) is 85.5. The topological polar surface area (TPSA) is 95.9 Å². The first-order valence-corrected chi connectivity index (χ1v) is 35.6. The highest BCUT2D eigenvalue weighted by molar-refractivity contribution is 5.76. The van der Waals surface area contributed by atoms with Crippen LogP contribution in [0.2, 0.25) is 0 Å². The third-order valence-corrected chi connectivity index (χ3v) is 16.7. The van der Waals surface area contributed by atoms with E-state index < -0.39 is 12.1 Å². The van der Waals surface area contributed by atoms with Crippen molar-refractivity contribution in [2.45, 2.75) is 411 Å². The maximum atomic E-state index is 12.5. The van der Waals surface area contributed by atoms with Gasteiger partial charge in [-0.2, -0.15) is 0 Å². The Balaban J connectivity index is 3.36. The van der Waals surface area contributed by atoms with Gasteiger partial charge in [-0.25, -0.2) is 0 Å². The van der Waals surface area contributed by atoms with Crippen molar-refractivity contribution in [3.8, 4) is 0 Å². The molecule has 0 aliphatic rings. The van der Waals surface area contributed by atoms with Crippen molar-refractivity contribution >= 4 is 11.9 Å². The summed E-state index contributed by atoms with van der Waals surface area (Å²) in [4.78, 5) is 24.6. The van der Waals surface area contributed by atoms with E-state index in [1.165, 1.54) is 327 Å². The minimum Gasteiger partial charge on any atom is -0.466 e. The molecule has 3 N–H and O–H groups in total. The standard InChI is InChI=1S/C72H139NO5/c1-3-5-7-9-11-13-15-17-18-19-31-34-37-41-44-48-52-56-60-64-70(75)69(68-74)73-71(76)65-61-57-53-49-45-42-38-35-32-29-27-25-23-21-20-22-24-26-28-30-33-36-39-43-47-51-55-59-63-67-78-72(77)66-62-58-54-50-46-40-16-14-12-10-8-6-4-2/h14,16,60,64,69-70,74-75H,3-13,15,17-59,61-63,65-68H2,1-2H3,(H,73,76)/b16-14-,64-60+. The maximum Gasteiger partial charge on any atom is 0.305 e. The molecule has 0 saturated carbocycles. The summed E-state index contributed by atoms with van der Waals surface area (Å²) in [6, 6.07) is -0.625. The summed E-state index contributed by atoms with van der Waals surface area (Å²) in [6.45, 7) is 4.93. The van der Waals surface area contributed by atoms with Gasteiger partial charge < -0.3 is 20.3 Å². The molecule has 2 atom stereocenters. The molecule has 0 bridgehead atoms. The molecule has 2 unspecified atom stereocenters. The lowest BCUT2D eigenvalue weighted by molar-refractivity contribution is -0.143. The van der Waals surface area contributed by atoms with Crippen molar-refractivity contribution < 1.29 is 24.5 Å². The van der Waals surface area contributed by atoms with Gasteiger partial charge in [-0.05, 0) is 57.8 Å². The lowest BCUT2D eigenvalue weighted by Crippen LogP contribution is -2.45. The van der Waals surface area contributed by atoms with Gasteiger partial charge in [0.2, 0.25) is 5.91 Å². The van der Waals surface area contributed by atoms with Crippen LogP contribution in [0.15, 0.2) is 24.3 Å². The molecule has 0 aromatic carbocycles. The smallest absolute Gasteiger partial charge is 0.305 e. The van der Waals surface area contributed by atoms with Crippen LogP contribution in [0.5, 0.6) is 0 Å². The first-order valence-electron chi connectivity index (χ1n) is 35.6. The number of allylic oxidation sites excluding steroid dienone is 3. The average Bonchev–Trinajstić information content (AvgIpc) is 3.44. The van der Waals surface area contributed by atoms with Gasteiger partial charge >= 0.3 is 5.97 Å². The molecular weight excluding hydrogens is 959 g/mol. The second-order valence-corrected chi connectivity index (χ2v) is 24.6.